The van der Waals surface area contributed by atoms with Crippen LogP contribution in [0.3, 0.4) is 0 Å². The summed E-state index contributed by atoms with van der Waals surface area (Å²) < 4.78 is 16.0. The average Bonchev–Trinajstić information content (AvgIpc) is 2.49. The smallest absolute Gasteiger partial charge is 0.337 e. The fraction of sp³-hybridized carbons (Fsp3) is 0.812. The summed E-state index contributed by atoms with van der Waals surface area (Å²) >= 11 is 0. The molecule has 124 valence electrons. The van der Waals surface area contributed by atoms with Crippen molar-refractivity contribution in [2.45, 2.75) is 52.9 Å². The molecule has 0 bridgehead atoms. The van der Waals surface area contributed by atoms with Crippen molar-refractivity contribution in [3.63, 3.8) is 0 Å². The average molecular weight is 302 g/mol. The van der Waals surface area contributed by atoms with Gasteiger partial charge in [0, 0.05) is 6.42 Å². The summed E-state index contributed by atoms with van der Waals surface area (Å²) in [5.41, 5.74) is 0.543. The lowest BCUT2D eigenvalue weighted by atomic mass is 10.1. The molecule has 0 aromatic rings. The van der Waals surface area contributed by atoms with Crippen molar-refractivity contribution in [3.05, 3.63) is 11.3 Å². The highest BCUT2D eigenvalue weighted by atomic mass is 16.5. The van der Waals surface area contributed by atoms with E-state index in [-0.39, 0.29) is 12.6 Å². The second-order valence-electron chi connectivity index (χ2n) is 4.83. The minimum atomic E-state index is -0.300. The van der Waals surface area contributed by atoms with Gasteiger partial charge in [-0.3, -0.25) is 0 Å². The maximum absolute atomic E-state index is 11.9. The van der Waals surface area contributed by atoms with E-state index in [0.29, 0.717) is 37.8 Å². The Morgan fingerprint density at radius 3 is 2.29 bits per heavy atom. The van der Waals surface area contributed by atoms with Crippen LogP contribution in [0.5, 0.6) is 0 Å². The first-order valence-corrected chi connectivity index (χ1v) is 7.85. The molecule has 0 spiro atoms. The molecule has 0 saturated heterocycles. The van der Waals surface area contributed by atoms with Crippen LogP contribution in [0.4, 0.5) is 0 Å². The quantitative estimate of drug-likeness (QED) is 0.245. The number of rotatable bonds is 13. The molecule has 0 atom stereocenters. The van der Waals surface area contributed by atoms with Gasteiger partial charge in [0.2, 0.25) is 0 Å². The van der Waals surface area contributed by atoms with Crippen molar-refractivity contribution < 1.29 is 24.1 Å². The minimum Gasteiger partial charge on any atom is -0.495 e. The second kappa shape index (κ2) is 13.9. The number of hydrogen-bond donors (Lipinski definition) is 1. The number of hydrogen-bond acceptors (Lipinski definition) is 5. The zero-order valence-electron chi connectivity index (χ0n) is 13.7. The predicted molar refractivity (Wildman–Crippen MR) is 81.9 cm³/mol. The van der Waals surface area contributed by atoms with Crippen LogP contribution in [0.15, 0.2) is 11.3 Å². The van der Waals surface area contributed by atoms with Gasteiger partial charge in [0.05, 0.1) is 32.0 Å². The van der Waals surface area contributed by atoms with Gasteiger partial charge in [0.15, 0.2) is 0 Å². The van der Waals surface area contributed by atoms with Crippen LogP contribution in [0.2, 0.25) is 0 Å². The fourth-order valence-electron chi connectivity index (χ4n) is 1.63. The van der Waals surface area contributed by atoms with Gasteiger partial charge in [-0.1, -0.05) is 26.7 Å². The number of unbranched alkanes of at least 4 members (excludes halogenated alkanes) is 2. The molecule has 0 unspecified atom stereocenters. The van der Waals surface area contributed by atoms with Gasteiger partial charge in [-0.15, -0.1) is 0 Å². The van der Waals surface area contributed by atoms with E-state index in [9.17, 15) is 4.79 Å². The summed E-state index contributed by atoms with van der Waals surface area (Å²) in [6.45, 7) is 7.42. The molecule has 5 heteroatoms. The molecular weight excluding hydrogens is 272 g/mol. The highest BCUT2D eigenvalue weighted by Gasteiger charge is 2.13. The maximum Gasteiger partial charge on any atom is 0.337 e. The van der Waals surface area contributed by atoms with Gasteiger partial charge in [-0.2, -0.15) is 0 Å². The number of aliphatic hydroxyl groups is 1. The van der Waals surface area contributed by atoms with Crippen LogP contribution < -0.4 is 0 Å². The van der Waals surface area contributed by atoms with Crippen molar-refractivity contribution in [1.29, 1.82) is 0 Å². The lowest BCUT2D eigenvalue weighted by molar-refractivity contribution is -0.139. The lowest BCUT2D eigenvalue weighted by Gasteiger charge is -2.14. The first-order chi connectivity index (χ1) is 10.2. The molecule has 0 rings (SSSR count). The number of esters is 1. The molecule has 0 amide bonds. The first-order valence-electron chi connectivity index (χ1n) is 7.85. The summed E-state index contributed by atoms with van der Waals surface area (Å²) in [4.78, 5) is 11.9. The molecule has 0 aromatic heterocycles. The van der Waals surface area contributed by atoms with Crippen molar-refractivity contribution in [1.82, 2.24) is 0 Å². The van der Waals surface area contributed by atoms with Gasteiger partial charge >= 0.3 is 5.97 Å². The van der Waals surface area contributed by atoms with E-state index in [1.54, 1.807) is 6.92 Å². The predicted octanol–water partition coefficient (Wildman–Crippen LogP) is 2.82. The van der Waals surface area contributed by atoms with Crippen molar-refractivity contribution >= 4 is 5.97 Å². The largest absolute Gasteiger partial charge is 0.495 e. The summed E-state index contributed by atoms with van der Waals surface area (Å²) in [6.07, 6.45) is 4.60. The monoisotopic (exact) mass is 302 g/mol. The van der Waals surface area contributed by atoms with E-state index in [1.807, 2.05) is 0 Å². The van der Waals surface area contributed by atoms with Crippen LogP contribution in [0.25, 0.3) is 0 Å². The Bertz CT molecular complexity index is 299. The van der Waals surface area contributed by atoms with Crippen LogP contribution in [0.1, 0.15) is 52.9 Å². The Morgan fingerprint density at radius 2 is 1.67 bits per heavy atom. The fourth-order valence-corrected chi connectivity index (χ4v) is 1.63. The third-order valence-corrected chi connectivity index (χ3v) is 2.95. The summed E-state index contributed by atoms with van der Waals surface area (Å²) in [5.74, 6) is 0.386. The van der Waals surface area contributed by atoms with E-state index in [1.165, 1.54) is 0 Å². The van der Waals surface area contributed by atoms with Gasteiger partial charge in [-0.05, 0) is 19.8 Å². The van der Waals surface area contributed by atoms with E-state index >= 15 is 0 Å². The number of allylic oxidation sites excluding steroid dienone is 1. The lowest BCUT2D eigenvalue weighted by Crippen LogP contribution is -2.13. The van der Waals surface area contributed by atoms with E-state index in [0.717, 1.165) is 32.1 Å². The molecule has 21 heavy (non-hydrogen) atoms. The molecule has 5 nitrogen and oxygen atoms in total. The van der Waals surface area contributed by atoms with Crippen molar-refractivity contribution in [3.8, 4) is 0 Å². The van der Waals surface area contributed by atoms with Crippen molar-refractivity contribution in [2.24, 2.45) is 0 Å². The number of carbonyl (C=O) groups is 1. The number of carbonyl (C=O) groups excluding carboxylic acids is 1. The molecule has 0 fully saturated rings. The second-order valence-corrected chi connectivity index (χ2v) is 4.83. The van der Waals surface area contributed by atoms with E-state index in [2.05, 4.69) is 13.8 Å². The summed E-state index contributed by atoms with van der Waals surface area (Å²) in [7, 11) is 0. The standard InChI is InChI=1S/C16H30O5/c1-4-6-8-15(20-13-12-19-11-9-17)14(3)16(18)21-10-7-5-2/h17H,4-13H2,1-3H3. The molecule has 0 heterocycles. The molecule has 0 aromatic carbocycles. The maximum atomic E-state index is 11.9. The molecule has 0 aliphatic carbocycles. The van der Waals surface area contributed by atoms with Crippen molar-refractivity contribution in [2.75, 3.05) is 33.0 Å². The SMILES string of the molecule is CCCCOC(=O)C(C)=C(CCCC)OCCOCCO. The third kappa shape index (κ3) is 10.3. The van der Waals surface area contributed by atoms with E-state index < -0.39 is 0 Å². The summed E-state index contributed by atoms with van der Waals surface area (Å²) in [6, 6.07) is 0. The highest BCUT2D eigenvalue weighted by Crippen LogP contribution is 2.15. The first kappa shape index (κ1) is 19.9. The zero-order chi connectivity index (χ0) is 15.9. The van der Waals surface area contributed by atoms with Crippen LogP contribution >= 0.6 is 0 Å². The Morgan fingerprint density at radius 1 is 0.952 bits per heavy atom. The normalized spacial score (nSPS) is 12.0. The Labute approximate surface area is 128 Å². The molecule has 1 N–H and O–H groups in total. The van der Waals surface area contributed by atoms with Crippen LogP contribution in [0, 0.1) is 0 Å². The van der Waals surface area contributed by atoms with Gasteiger partial charge < -0.3 is 19.3 Å². The Balaban J connectivity index is 4.38. The topological polar surface area (TPSA) is 65.0 Å². The highest BCUT2D eigenvalue weighted by molar-refractivity contribution is 5.88. The van der Waals surface area contributed by atoms with Crippen LogP contribution in [-0.2, 0) is 19.0 Å². The number of ether oxygens (including phenoxy) is 3. The molecule has 0 radical (unpaired) electrons. The molecule has 0 saturated carbocycles. The Hall–Kier alpha value is -1.07. The van der Waals surface area contributed by atoms with Gasteiger partial charge in [0.1, 0.15) is 12.4 Å². The van der Waals surface area contributed by atoms with Gasteiger partial charge in [-0.25, -0.2) is 4.79 Å². The Kier molecular flexibility index (Phi) is 13.2. The van der Waals surface area contributed by atoms with E-state index in [4.69, 9.17) is 19.3 Å². The van der Waals surface area contributed by atoms with Crippen LogP contribution in [-0.4, -0.2) is 44.1 Å². The minimum absolute atomic E-state index is 0.00130. The number of aliphatic hydroxyl groups excluding tert-OH is 1. The van der Waals surface area contributed by atoms with Gasteiger partial charge in [0.25, 0.3) is 0 Å². The zero-order valence-corrected chi connectivity index (χ0v) is 13.7. The molecule has 0 aliphatic rings. The molecular formula is C16H30O5. The summed E-state index contributed by atoms with van der Waals surface area (Å²) in [5, 5.41) is 8.62. The third-order valence-electron chi connectivity index (χ3n) is 2.95. The molecule has 0 aliphatic heterocycles.